The van der Waals surface area contributed by atoms with Crippen molar-refractivity contribution in [1.82, 2.24) is 5.32 Å². The summed E-state index contributed by atoms with van der Waals surface area (Å²) in [7, 11) is 1.29. The van der Waals surface area contributed by atoms with E-state index in [0.29, 0.717) is 15.6 Å². The van der Waals surface area contributed by atoms with Gasteiger partial charge in [0.05, 0.1) is 13.5 Å². The summed E-state index contributed by atoms with van der Waals surface area (Å²) in [6, 6.07) is 4.26. The third-order valence-electron chi connectivity index (χ3n) is 2.80. The van der Waals surface area contributed by atoms with Gasteiger partial charge in [0, 0.05) is 10.0 Å². The molecular weight excluding hydrogens is 301 g/mol. The number of rotatable bonds is 5. The van der Waals surface area contributed by atoms with Crippen LogP contribution in [0.15, 0.2) is 18.2 Å². The first kappa shape index (κ1) is 16.8. The predicted molar refractivity (Wildman–Crippen MR) is 79.0 cm³/mol. The van der Waals surface area contributed by atoms with Crippen molar-refractivity contribution in [2.45, 2.75) is 26.3 Å². The second-order valence-electron chi connectivity index (χ2n) is 4.72. The number of halogens is 2. The lowest BCUT2D eigenvalue weighted by Crippen LogP contribution is -2.45. The van der Waals surface area contributed by atoms with E-state index in [1.165, 1.54) is 7.11 Å². The molecule has 1 amide bonds. The Labute approximate surface area is 128 Å². The maximum atomic E-state index is 12.0. The largest absolute Gasteiger partial charge is 0.467 e. The molecule has 20 heavy (non-hydrogen) atoms. The van der Waals surface area contributed by atoms with Crippen molar-refractivity contribution in [1.29, 1.82) is 0 Å². The molecule has 1 aromatic rings. The van der Waals surface area contributed by atoms with Gasteiger partial charge in [0.1, 0.15) is 6.04 Å². The Morgan fingerprint density at radius 2 is 1.95 bits per heavy atom. The zero-order chi connectivity index (χ0) is 15.3. The van der Waals surface area contributed by atoms with Crippen molar-refractivity contribution in [2.75, 3.05) is 7.11 Å². The molecule has 6 heteroatoms. The highest BCUT2D eigenvalue weighted by Gasteiger charge is 2.25. The number of ether oxygens (including phenoxy) is 1. The molecule has 0 spiro atoms. The normalized spacial score (nSPS) is 12.1. The van der Waals surface area contributed by atoms with E-state index in [-0.39, 0.29) is 18.2 Å². The van der Waals surface area contributed by atoms with Crippen LogP contribution in [-0.4, -0.2) is 25.0 Å². The average Bonchev–Trinajstić information content (AvgIpc) is 2.38. The number of hydrogen-bond acceptors (Lipinski definition) is 3. The van der Waals surface area contributed by atoms with Gasteiger partial charge in [-0.2, -0.15) is 0 Å². The molecule has 4 nitrogen and oxygen atoms in total. The quantitative estimate of drug-likeness (QED) is 0.850. The molecule has 0 saturated heterocycles. The Bertz CT molecular complexity index is 503. The van der Waals surface area contributed by atoms with Crippen LogP contribution in [0, 0.1) is 5.92 Å². The van der Waals surface area contributed by atoms with Crippen molar-refractivity contribution in [3.05, 3.63) is 33.8 Å². The summed E-state index contributed by atoms with van der Waals surface area (Å²) in [5, 5.41) is 3.58. The molecule has 0 aliphatic rings. The van der Waals surface area contributed by atoms with Crippen LogP contribution in [0.1, 0.15) is 19.4 Å². The lowest BCUT2D eigenvalue weighted by molar-refractivity contribution is -0.146. The van der Waals surface area contributed by atoms with Crippen LogP contribution in [0.25, 0.3) is 0 Å². The first-order valence-electron chi connectivity index (χ1n) is 6.16. The first-order chi connectivity index (χ1) is 9.35. The van der Waals surface area contributed by atoms with Crippen molar-refractivity contribution in [3.63, 3.8) is 0 Å². The molecule has 1 atom stereocenters. The summed E-state index contributed by atoms with van der Waals surface area (Å²) < 4.78 is 4.67. The van der Waals surface area contributed by atoms with E-state index < -0.39 is 12.0 Å². The van der Waals surface area contributed by atoms with Gasteiger partial charge in [0.2, 0.25) is 5.91 Å². The van der Waals surface area contributed by atoms with E-state index in [0.717, 1.165) is 0 Å². The van der Waals surface area contributed by atoms with Crippen molar-refractivity contribution in [2.24, 2.45) is 5.92 Å². The fraction of sp³-hybridized carbons (Fsp3) is 0.429. The SMILES string of the molecule is COC(=O)C(NC(=O)Cc1ccc(Cl)cc1Cl)C(C)C. The highest BCUT2D eigenvalue weighted by atomic mass is 35.5. The number of esters is 1. The zero-order valence-electron chi connectivity index (χ0n) is 11.6. The van der Waals surface area contributed by atoms with Crippen LogP contribution in [0.4, 0.5) is 0 Å². The van der Waals surface area contributed by atoms with Crippen LogP contribution < -0.4 is 5.32 Å². The summed E-state index contributed by atoms with van der Waals surface area (Å²) in [5.41, 5.74) is 0.654. The van der Waals surface area contributed by atoms with E-state index in [9.17, 15) is 9.59 Å². The summed E-state index contributed by atoms with van der Waals surface area (Å²) >= 11 is 11.8. The molecule has 0 radical (unpaired) electrons. The molecule has 1 aromatic carbocycles. The molecule has 0 aliphatic carbocycles. The van der Waals surface area contributed by atoms with Gasteiger partial charge in [-0.05, 0) is 23.6 Å². The van der Waals surface area contributed by atoms with Crippen LogP contribution in [0.2, 0.25) is 10.0 Å². The average molecular weight is 318 g/mol. The lowest BCUT2D eigenvalue weighted by atomic mass is 10.0. The third-order valence-corrected chi connectivity index (χ3v) is 3.39. The molecule has 0 aromatic heterocycles. The van der Waals surface area contributed by atoms with Gasteiger partial charge < -0.3 is 10.1 Å². The van der Waals surface area contributed by atoms with Crippen LogP contribution >= 0.6 is 23.2 Å². The minimum absolute atomic E-state index is 0.0629. The molecule has 110 valence electrons. The molecule has 0 fully saturated rings. The molecule has 0 saturated carbocycles. The van der Waals surface area contributed by atoms with E-state index in [4.69, 9.17) is 23.2 Å². The Balaban J connectivity index is 2.73. The molecule has 0 bridgehead atoms. The first-order valence-corrected chi connectivity index (χ1v) is 6.92. The summed E-state index contributed by atoms with van der Waals surface area (Å²) in [6.07, 6.45) is 0.0796. The molecule has 1 N–H and O–H groups in total. The molecule has 1 rings (SSSR count). The number of methoxy groups -OCH3 is 1. The smallest absolute Gasteiger partial charge is 0.328 e. The maximum Gasteiger partial charge on any atom is 0.328 e. The Morgan fingerprint density at radius 1 is 1.30 bits per heavy atom. The van der Waals surface area contributed by atoms with Gasteiger partial charge in [-0.15, -0.1) is 0 Å². The summed E-state index contributed by atoms with van der Waals surface area (Å²) in [6.45, 7) is 3.66. The van der Waals surface area contributed by atoms with Gasteiger partial charge in [-0.1, -0.05) is 43.1 Å². The van der Waals surface area contributed by atoms with Crippen molar-refractivity contribution in [3.8, 4) is 0 Å². The van der Waals surface area contributed by atoms with Gasteiger partial charge in [0.15, 0.2) is 0 Å². The summed E-state index contributed by atoms with van der Waals surface area (Å²) in [5.74, 6) is -0.819. The van der Waals surface area contributed by atoms with Gasteiger partial charge in [-0.3, -0.25) is 4.79 Å². The molecule has 0 heterocycles. The lowest BCUT2D eigenvalue weighted by Gasteiger charge is -2.19. The Morgan fingerprint density at radius 3 is 2.45 bits per heavy atom. The number of benzene rings is 1. The zero-order valence-corrected chi connectivity index (χ0v) is 13.1. The van der Waals surface area contributed by atoms with Crippen molar-refractivity contribution >= 4 is 35.1 Å². The number of hydrogen-bond donors (Lipinski definition) is 1. The van der Waals surface area contributed by atoms with Gasteiger partial charge >= 0.3 is 5.97 Å². The van der Waals surface area contributed by atoms with E-state index in [2.05, 4.69) is 10.1 Å². The Kier molecular flexibility index (Phi) is 6.30. The topological polar surface area (TPSA) is 55.4 Å². The highest BCUT2D eigenvalue weighted by molar-refractivity contribution is 6.35. The summed E-state index contributed by atoms with van der Waals surface area (Å²) in [4.78, 5) is 23.5. The second-order valence-corrected chi connectivity index (χ2v) is 5.57. The van der Waals surface area contributed by atoms with Gasteiger partial charge in [-0.25, -0.2) is 4.79 Å². The fourth-order valence-corrected chi connectivity index (χ4v) is 2.16. The Hall–Kier alpha value is -1.26. The number of amides is 1. The van der Waals surface area contributed by atoms with Crippen molar-refractivity contribution < 1.29 is 14.3 Å². The fourth-order valence-electron chi connectivity index (χ4n) is 1.69. The molecular formula is C14H17Cl2NO3. The van der Waals surface area contributed by atoms with Crippen LogP contribution in [-0.2, 0) is 20.7 Å². The van der Waals surface area contributed by atoms with E-state index in [1.807, 2.05) is 13.8 Å². The maximum absolute atomic E-state index is 12.0. The standard InChI is InChI=1S/C14H17Cl2NO3/c1-8(2)13(14(19)20-3)17-12(18)6-9-4-5-10(15)7-11(9)16/h4-5,7-8,13H,6H2,1-3H3,(H,17,18). The minimum Gasteiger partial charge on any atom is -0.467 e. The van der Waals surface area contributed by atoms with Gasteiger partial charge in [0.25, 0.3) is 0 Å². The van der Waals surface area contributed by atoms with E-state index in [1.54, 1.807) is 18.2 Å². The predicted octanol–water partition coefficient (Wildman–Crippen LogP) is 2.85. The third kappa shape index (κ3) is 4.69. The number of carbonyl (C=O) groups excluding carboxylic acids is 2. The number of nitrogens with one attached hydrogen (secondary N) is 1. The second kappa shape index (κ2) is 7.50. The highest BCUT2D eigenvalue weighted by Crippen LogP contribution is 2.21. The number of carbonyl (C=O) groups is 2. The molecule has 1 unspecified atom stereocenters. The molecule has 0 aliphatic heterocycles. The van der Waals surface area contributed by atoms with Crippen LogP contribution in [0.3, 0.4) is 0 Å². The van der Waals surface area contributed by atoms with Crippen LogP contribution in [0.5, 0.6) is 0 Å². The monoisotopic (exact) mass is 317 g/mol. The minimum atomic E-state index is -0.668. The van der Waals surface area contributed by atoms with E-state index >= 15 is 0 Å².